The molecule has 0 fully saturated rings. The monoisotopic (exact) mass is 280 g/mol. The van der Waals surface area contributed by atoms with Crippen molar-refractivity contribution in [2.45, 2.75) is 44.6 Å². The molecule has 0 saturated heterocycles. The van der Waals surface area contributed by atoms with Gasteiger partial charge in [0.25, 0.3) is 0 Å². The summed E-state index contributed by atoms with van der Waals surface area (Å²) in [6.45, 7) is 8.81. The van der Waals surface area contributed by atoms with Crippen LogP contribution in [-0.4, -0.2) is 23.7 Å². The van der Waals surface area contributed by atoms with Crippen molar-refractivity contribution in [1.82, 2.24) is 5.32 Å². The zero-order chi connectivity index (χ0) is 14.5. The Morgan fingerprint density at radius 1 is 1.42 bits per heavy atom. The first kappa shape index (κ1) is 16.1. The van der Waals surface area contributed by atoms with E-state index in [-0.39, 0.29) is 5.91 Å². The maximum Gasteiger partial charge on any atom is 0.237 e. The molecule has 0 spiro atoms. The summed E-state index contributed by atoms with van der Waals surface area (Å²) in [5.41, 5.74) is 7.41. The minimum atomic E-state index is -0.612. The van der Waals surface area contributed by atoms with Crippen molar-refractivity contribution in [2.24, 2.45) is 5.73 Å². The second kappa shape index (κ2) is 6.96. The van der Waals surface area contributed by atoms with Gasteiger partial charge in [0, 0.05) is 10.6 Å². The van der Waals surface area contributed by atoms with Crippen molar-refractivity contribution in [3.8, 4) is 0 Å². The predicted molar refractivity (Wildman–Crippen MR) is 82.5 cm³/mol. The van der Waals surface area contributed by atoms with E-state index in [2.05, 4.69) is 37.4 Å². The molecule has 3 N–H and O–H groups in total. The maximum absolute atomic E-state index is 11.5. The summed E-state index contributed by atoms with van der Waals surface area (Å²) in [4.78, 5) is 12.8. The van der Waals surface area contributed by atoms with Crippen LogP contribution in [0, 0.1) is 13.8 Å². The second-order valence-electron chi connectivity index (χ2n) is 5.09. The number of thioether (sulfide) groups is 1. The van der Waals surface area contributed by atoms with Crippen LogP contribution >= 0.6 is 11.8 Å². The van der Waals surface area contributed by atoms with Crippen molar-refractivity contribution >= 4 is 17.7 Å². The largest absolute Gasteiger partial charge is 0.368 e. The van der Waals surface area contributed by atoms with Gasteiger partial charge in [0.2, 0.25) is 5.91 Å². The Kier molecular flexibility index (Phi) is 5.88. The SMILES string of the molecule is CCNC(C)(CCSc1cc(C)ccc1C)C(N)=O. The van der Waals surface area contributed by atoms with Gasteiger partial charge in [-0.25, -0.2) is 0 Å². The molecule has 0 heterocycles. The number of nitrogens with two attached hydrogens (primary N) is 1. The van der Waals surface area contributed by atoms with Crippen molar-refractivity contribution in [3.05, 3.63) is 29.3 Å². The molecular formula is C15H24N2OS. The summed E-state index contributed by atoms with van der Waals surface area (Å²) in [6, 6.07) is 6.44. The number of rotatable bonds is 7. The number of hydrogen-bond donors (Lipinski definition) is 2. The molecule has 1 aromatic rings. The van der Waals surface area contributed by atoms with E-state index in [4.69, 9.17) is 5.73 Å². The highest BCUT2D eigenvalue weighted by Gasteiger charge is 2.29. The van der Waals surface area contributed by atoms with Crippen LogP contribution in [-0.2, 0) is 4.79 Å². The molecule has 4 heteroatoms. The lowest BCUT2D eigenvalue weighted by Crippen LogP contribution is -2.53. The molecular weight excluding hydrogens is 256 g/mol. The molecule has 0 aromatic heterocycles. The standard InChI is InChI=1S/C15H24N2OS/c1-5-17-15(4,14(16)18)8-9-19-13-10-11(2)6-7-12(13)3/h6-7,10,17H,5,8-9H2,1-4H3,(H2,16,18). The number of aryl methyl sites for hydroxylation is 2. The highest BCUT2D eigenvalue weighted by atomic mass is 32.2. The summed E-state index contributed by atoms with van der Waals surface area (Å²) in [7, 11) is 0. The summed E-state index contributed by atoms with van der Waals surface area (Å²) in [5.74, 6) is 0.590. The topological polar surface area (TPSA) is 55.1 Å². The number of carbonyl (C=O) groups is 1. The minimum Gasteiger partial charge on any atom is -0.368 e. The third-order valence-electron chi connectivity index (χ3n) is 3.31. The minimum absolute atomic E-state index is 0.282. The lowest BCUT2D eigenvalue weighted by Gasteiger charge is -2.26. The van der Waals surface area contributed by atoms with Gasteiger partial charge in [-0.1, -0.05) is 24.6 Å². The molecule has 0 radical (unpaired) electrons. The number of likely N-dealkylation sites (N-methyl/N-ethyl adjacent to an activating group) is 1. The Labute approximate surface area is 120 Å². The molecule has 0 saturated carbocycles. The fourth-order valence-corrected chi connectivity index (χ4v) is 3.21. The molecule has 1 unspecified atom stereocenters. The van der Waals surface area contributed by atoms with Crippen LogP contribution in [0.5, 0.6) is 0 Å². The average Bonchev–Trinajstić information content (AvgIpc) is 2.33. The number of hydrogen-bond acceptors (Lipinski definition) is 3. The molecule has 1 atom stereocenters. The van der Waals surface area contributed by atoms with Gasteiger partial charge in [0.1, 0.15) is 0 Å². The van der Waals surface area contributed by atoms with Crippen LogP contribution in [0.3, 0.4) is 0 Å². The van der Waals surface area contributed by atoms with Crippen LogP contribution in [0.4, 0.5) is 0 Å². The number of primary amides is 1. The Hall–Kier alpha value is -1.00. The Morgan fingerprint density at radius 2 is 2.11 bits per heavy atom. The van der Waals surface area contributed by atoms with Gasteiger partial charge < -0.3 is 11.1 Å². The first-order valence-corrected chi connectivity index (χ1v) is 7.62. The highest BCUT2D eigenvalue weighted by molar-refractivity contribution is 7.99. The van der Waals surface area contributed by atoms with E-state index < -0.39 is 5.54 Å². The van der Waals surface area contributed by atoms with Gasteiger partial charge >= 0.3 is 0 Å². The van der Waals surface area contributed by atoms with Gasteiger partial charge in [-0.15, -0.1) is 11.8 Å². The van der Waals surface area contributed by atoms with Crippen LogP contribution < -0.4 is 11.1 Å². The van der Waals surface area contributed by atoms with Gasteiger partial charge in [-0.3, -0.25) is 4.79 Å². The molecule has 0 bridgehead atoms. The summed E-state index contributed by atoms with van der Waals surface area (Å²) < 4.78 is 0. The van der Waals surface area contributed by atoms with Crippen molar-refractivity contribution < 1.29 is 4.79 Å². The Bertz CT molecular complexity index is 448. The van der Waals surface area contributed by atoms with E-state index in [0.717, 1.165) is 18.7 Å². The van der Waals surface area contributed by atoms with E-state index in [1.807, 2.05) is 13.8 Å². The molecule has 0 aliphatic heterocycles. The van der Waals surface area contributed by atoms with E-state index >= 15 is 0 Å². The molecule has 1 aromatic carbocycles. The van der Waals surface area contributed by atoms with Gasteiger partial charge in [-0.2, -0.15) is 0 Å². The van der Waals surface area contributed by atoms with Gasteiger partial charge in [0.05, 0.1) is 5.54 Å². The Balaban J connectivity index is 2.62. The molecule has 106 valence electrons. The van der Waals surface area contributed by atoms with E-state index in [1.165, 1.54) is 16.0 Å². The van der Waals surface area contributed by atoms with Crippen LogP contribution in [0.15, 0.2) is 23.1 Å². The molecule has 1 amide bonds. The normalized spacial score (nSPS) is 14.1. The zero-order valence-corrected chi connectivity index (χ0v) is 13.1. The number of nitrogens with one attached hydrogen (secondary N) is 1. The van der Waals surface area contributed by atoms with Crippen molar-refractivity contribution in [3.63, 3.8) is 0 Å². The Morgan fingerprint density at radius 3 is 2.68 bits per heavy atom. The molecule has 0 aliphatic carbocycles. The fourth-order valence-electron chi connectivity index (χ4n) is 1.92. The first-order chi connectivity index (χ1) is 8.89. The van der Waals surface area contributed by atoms with E-state index in [1.54, 1.807) is 11.8 Å². The van der Waals surface area contributed by atoms with Crippen LogP contribution in [0.25, 0.3) is 0 Å². The highest BCUT2D eigenvalue weighted by Crippen LogP contribution is 2.26. The molecule has 19 heavy (non-hydrogen) atoms. The summed E-state index contributed by atoms with van der Waals surface area (Å²) in [6.07, 6.45) is 0.730. The van der Waals surface area contributed by atoms with Gasteiger partial charge in [-0.05, 0) is 45.4 Å². The van der Waals surface area contributed by atoms with Crippen molar-refractivity contribution in [1.29, 1.82) is 0 Å². The lowest BCUT2D eigenvalue weighted by molar-refractivity contribution is -0.123. The van der Waals surface area contributed by atoms with Crippen LogP contribution in [0.1, 0.15) is 31.4 Å². The summed E-state index contributed by atoms with van der Waals surface area (Å²) in [5, 5.41) is 3.18. The third kappa shape index (κ3) is 4.55. The van der Waals surface area contributed by atoms with Gasteiger partial charge in [0.15, 0.2) is 0 Å². The number of amides is 1. The second-order valence-corrected chi connectivity index (χ2v) is 6.23. The predicted octanol–water partition coefficient (Wildman–Crippen LogP) is 2.64. The number of carbonyl (C=O) groups excluding carboxylic acids is 1. The molecule has 0 aliphatic rings. The van der Waals surface area contributed by atoms with E-state index in [9.17, 15) is 4.79 Å². The quantitative estimate of drug-likeness (QED) is 0.755. The number of benzene rings is 1. The molecule has 1 rings (SSSR count). The smallest absolute Gasteiger partial charge is 0.237 e. The fraction of sp³-hybridized carbons (Fsp3) is 0.533. The third-order valence-corrected chi connectivity index (χ3v) is 4.47. The summed E-state index contributed by atoms with van der Waals surface area (Å²) >= 11 is 1.78. The van der Waals surface area contributed by atoms with Crippen LogP contribution in [0.2, 0.25) is 0 Å². The average molecular weight is 280 g/mol. The lowest BCUT2D eigenvalue weighted by atomic mass is 9.98. The van der Waals surface area contributed by atoms with E-state index in [0.29, 0.717) is 0 Å². The first-order valence-electron chi connectivity index (χ1n) is 6.64. The maximum atomic E-state index is 11.5. The molecule has 3 nitrogen and oxygen atoms in total. The zero-order valence-electron chi connectivity index (χ0n) is 12.2. The van der Waals surface area contributed by atoms with Crippen molar-refractivity contribution in [2.75, 3.05) is 12.3 Å².